The Kier molecular flexibility index (Phi) is 5.77. The predicted molar refractivity (Wildman–Crippen MR) is 90.1 cm³/mol. The molecule has 0 saturated carbocycles. The fourth-order valence-electron chi connectivity index (χ4n) is 2.50. The smallest absolute Gasteiger partial charge is 0.191 e. The first-order valence-corrected chi connectivity index (χ1v) is 7.96. The SMILES string of the molecule is O=C1C=CO[C@H](COCc2ccccc2)[C@H]1OCc1ccccc1. The van der Waals surface area contributed by atoms with Crippen LogP contribution in [0, 0.1) is 0 Å². The van der Waals surface area contributed by atoms with Crippen molar-refractivity contribution in [3.63, 3.8) is 0 Å². The third kappa shape index (κ3) is 4.54. The summed E-state index contributed by atoms with van der Waals surface area (Å²) in [6.45, 7) is 1.14. The maximum absolute atomic E-state index is 12.1. The van der Waals surface area contributed by atoms with Crippen molar-refractivity contribution in [2.75, 3.05) is 6.61 Å². The molecule has 0 aromatic heterocycles. The fraction of sp³-hybridized carbons (Fsp3) is 0.250. The van der Waals surface area contributed by atoms with Gasteiger partial charge in [0.1, 0.15) is 0 Å². The topological polar surface area (TPSA) is 44.8 Å². The van der Waals surface area contributed by atoms with Crippen molar-refractivity contribution < 1.29 is 19.0 Å². The Balaban J connectivity index is 1.54. The standard InChI is InChI=1S/C20H20O4/c21-18-11-12-23-19(15-22-13-16-7-3-1-4-8-16)20(18)24-14-17-9-5-2-6-10-17/h1-12,19-20H,13-15H2/t19-,20+/m1/s1. The van der Waals surface area contributed by atoms with Crippen molar-refractivity contribution in [2.45, 2.75) is 25.4 Å². The highest BCUT2D eigenvalue weighted by molar-refractivity contribution is 5.94. The van der Waals surface area contributed by atoms with E-state index in [4.69, 9.17) is 14.2 Å². The van der Waals surface area contributed by atoms with Crippen LogP contribution in [0.4, 0.5) is 0 Å². The molecule has 4 nitrogen and oxygen atoms in total. The fourth-order valence-corrected chi connectivity index (χ4v) is 2.50. The number of ketones is 1. The van der Waals surface area contributed by atoms with Crippen molar-refractivity contribution in [2.24, 2.45) is 0 Å². The van der Waals surface area contributed by atoms with Crippen LogP contribution >= 0.6 is 0 Å². The first-order valence-electron chi connectivity index (χ1n) is 7.96. The van der Waals surface area contributed by atoms with Gasteiger partial charge in [-0.05, 0) is 11.1 Å². The molecule has 1 aliphatic rings. The van der Waals surface area contributed by atoms with E-state index in [9.17, 15) is 4.79 Å². The van der Waals surface area contributed by atoms with Crippen LogP contribution in [0.1, 0.15) is 11.1 Å². The summed E-state index contributed by atoms with van der Waals surface area (Å²) < 4.78 is 17.0. The van der Waals surface area contributed by atoms with Gasteiger partial charge in [-0.3, -0.25) is 4.79 Å². The molecule has 2 atom stereocenters. The zero-order valence-corrected chi connectivity index (χ0v) is 13.3. The molecule has 2 aromatic carbocycles. The Bertz CT molecular complexity index is 667. The molecule has 0 aliphatic carbocycles. The Labute approximate surface area is 141 Å². The minimum absolute atomic E-state index is 0.0921. The van der Waals surface area contributed by atoms with Gasteiger partial charge in [0.15, 0.2) is 18.0 Å². The van der Waals surface area contributed by atoms with E-state index < -0.39 is 12.2 Å². The van der Waals surface area contributed by atoms with Gasteiger partial charge >= 0.3 is 0 Å². The van der Waals surface area contributed by atoms with Crippen LogP contribution in [0.5, 0.6) is 0 Å². The van der Waals surface area contributed by atoms with Crippen molar-refractivity contribution in [3.05, 3.63) is 84.1 Å². The molecule has 4 heteroatoms. The Morgan fingerprint density at radius 2 is 1.50 bits per heavy atom. The molecule has 1 heterocycles. The molecule has 0 fully saturated rings. The molecular formula is C20H20O4. The molecule has 1 aliphatic heterocycles. The zero-order valence-electron chi connectivity index (χ0n) is 13.3. The van der Waals surface area contributed by atoms with Gasteiger partial charge in [0, 0.05) is 6.08 Å². The highest BCUT2D eigenvalue weighted by atomic mass is 16.6. The van der Waals surface area contributed by atoms with Crippen LogP contribution in [-0.2, 0) is 32.2 Å². The second-order valence-electron chi connectivity index (χ2n) is 5.60. The van der Waals surface area contributed by atoms with Crippen LogP contribution in [0.3, 0.4) is 0 Å². The van der Waals surface area contributed by atoms with Gasteiger partial charge in [0.25, 0.3) is 0 Å². The van der Waals surface area contributed by atoms with E-state index in [1.54, 1.807) is 0 Å². The number of carbonyl (C=O) groups is 1. The summed E-state index contributed by atoms with van der Waals surface area (Å²) in [6.07, 6.45) is 1.74. The maximum Gasteiger partial charge on any atom is 0.191 e. The predicted octanol–water partition coefficient (Wildman–Crippen LogP) is 3.27. The van der Waals surface area contributed by atoms with E-state index in [2.05, 4.69) is 0 Å². The molecule has 0 spiro atoms. The molecule has 0 bridgehead atoms. The van der Waals surface area contributed by atoms with Gasteiger partial charge in [0.2, 0.25) is 0 Å². The van der Waals surface area contributed by atoms with Gasteiger partial charge in [-0.1, -0.05) is 60.7 Å². The van der Waals surface area contributed by atoms with Crippen LogP contribution in [0.25, 0.3) is 0 Å². The van der Waals surface area contributed by atoms with Crippen LogP contribution in [0.15, 0.2) is 73.0 Å². The average Bonchev–Trinajstić information content (AvgIpc) is 2.63. The van der Waals surface area contributed by atoms with Gasteiger partial charge in [0.05, 0.1) is 26.1 Å². The summed E-state index contributed by atoms with van der Waals surface area (Å²) in [5.74, 6) is -0.0921. The summed E-state index contributed by atoms with van der Waals surface area (Å²) in [5.41, 5.74) is 2.10. The number of rotatable bonds is 7. The normalized spacial score (nSPS) is 19.9. The summed E-state index contributed by atoms with van der Waals surface area (Å²) in [5, 5.41) is 0. The quantitative estimate of drug-likeness (QED) is 0.784. The number of carbonyl (C=O) groups excluding carboxylic acids is 1. The largest absolute Gasteiger partial charge is 0.492 e. The zero-order chi connectivity index (χ0) is 16.6. The first kappa shape index (κ1) is 16.4. The lowest BCUT2D eigenvalue weighted by Gasteiger charge is -2.27. The maximum atomic E-state index is 12.1. The third-order valence-corrected chi connectivity index (χ3v) is 3.77. The lowest BCUT2D eigenvalue weighted by atomic mass is 10.1. The van der Waals surface area contributed by atoms with Gasteiger partial charge in [-0.2, -0.15) is 0 Å². The monoisotopic (exact) mass is 324 g/mol. The molecule has 2 aromatic rings. The van der Waals surface area contributed by atoms with Crippen molar-refractivity contribution in [3.8, 4) is 0 Å². The van der Waals surface area contributed by atoms with E-state index in [1.165, 1.54) is 12.3 Å². The van der Waals surface area contributed by atoms with Crippen LogP contribution in [0.2, 0.25) is 0 Å². The molecule has 0 radical (unpaired) electrons. The average molecular weight is 324 g/mol. The second-order valence-corrected chi connectivity index (χ2v) is 5.60. The number of ether oxygens (including phenoxy) is 3. The number of benzene rings is 2. The molecule has 0 N–H and O–H groups in total. The highest BCUT2D eigenvalue weighted by Gasteiger charge is 2.32. The number of hydrogen-bond donors (Lipinski definition) is 0. The van der Waals surface area contributed by atoms with Gasteiger partial charge in [-0.15, -0.1) is 0 Å². The summed E-state index contributed by atoms with van der Waals surface area (Å²) >= 11 is 0. The van der Waals surface area contributed by atoms with Gasteiger partial charge in [-0.25, -0.2) is 0 Å². The van der Waals surface area contributed by atoms with Crippen LogP contribution < -0.4 is 0 Å². The first-order chi connectivity index (χ1) is 11.8. The molecular weight excluding hydrogens is 304 g/mol. The molecule has 0 saturated heterocycles. The highest BCUT2D eigenvalue weighted by Crippen LogP contribution is 2.16. The van der Waals surface area contributed by atoms with Gasteiger partial charge < -0.3 is 14.2 Å². The van der Waals surface area contributed by atoms with Crippen LogP contribution in [-0.4, -0.2) is 24.6 Å². The second kappa shape index (κ2) is 8.43. The van der Waals surface area contributed by atoms with Crippen molar-refractivity contribution in [1.29, 1.82) is 0 Å². The molecule has 24 heavy (non-hydrogen) atoms. The molecule has 0 amide bonds. The Hall–Kier alpha value is -2.43. The van der Waals surface area contributed by atoms with Crippen molar-refractivity contribution in [1.82, 2.24) is 0 Å². The van der Waals surface area contributed by atoms with Crippen molar-refractivity contribution >= 4 is 5.78 Å². The Morgan fingerprint density at radius 3 is 2.17 bits per heavy atom. The third-order valence-electron chi connectivity index (χ3n) is 3.77. The summed E-state index contributed by atoms with van der Waals surface area (Å²) in [7, 11) is 0. The molecule has 124 valence electrons. The van der Waals surface area contributed by atoms with E-state index in [-0.39, 0.29) is 5.78 Å². The molecule has 0 unspecified atom stereocenters. The minimum atomic E-state index is -0.647. The van der Waals surface area contributed by atoms with E-state index in [1.807, 2.05) is 60.7 Å². The summed E-state index contributed by atoms with van der Waals surface area (Å²) in [4.78, 5) is 12.1. The lowest BCUT2D eigenvalue weighted by Crippen LogP contribution is -2.42. The minimum Gasteiger partial charge on any atom is -0.492 e. The molecule has 3 rings (SSSR count). The summed E-state index contributed by atoms with van der Waals surface area (Å²) in [6, 6.07) is 19.6. The Morgan fingerprint density at radius 1 is 0.875 bits per heavy atom. The van der Waals surface area contributed by atoms with E-state index in [0.717, 1.165) is 11.1 Å². The van der Waals surface area contributed by atoms with E-state index >= 15 is 0 Å². The lowest BCUT2D eigenvalue weighted by molar-refractivity contribution is -0.143. The number of hydrogen-bond acceptors (Lipinski definition) is 4. The van der Waals surface area contributed by atoms with E-state index in [0.29, 0.717) is 19.8 Å².